The van der Waals surface area contributed by atoms with Crippen molar-refractivity contribution < 1.29 is 14.4 Å². The SMILES string of the molecule is COc1ccc(OC)c2c(=O)c(C[NH+]3CCCC[C@H]3C)c(C)[nH]c12. The first-order chi connectivity index (χ1) is 11.6. The average molecular weight is 331 g/mol. The van der Waals surface area contributed by atoms with Crippen molar-refractivity contribution in [1.82, 2.24) is 4.98 Å². The number of ether oxygens (including phenoxy) is 2. The number of fused-ring (bicyclic) bond motifs is 1. The first-order valence-corrected chi connectivity index (χ1v) is 8.67. The second-order valence-electron chi connectivity index (χ2n) is 6.76. The molecule has 2 aromatic rings. The maximum atomic E-state index is 13.2. The minimum absolute atomic E-state index is 0.0577. The van der Waals surface area contributed by atoms with Crippen LogP contribution in [0.2, 0.25) is 0 Å². The second kappa shape index (κ2) is 6.85. The van der Waals surface area contributed by atoms with Crippen molar-refractivity contribution in [3.63, 3.8) is 0 Å². The molecule has 1 aliphatic heterocycles. The molecule has 1 unspecified atom stereocenters. The molecule has 2 heterocycles. The van der Waals surface area contributed by atoms with Crippen LogP contribution < -0.4 is 19.8 Å². The fourth-order valence-corrected chi connectivity index (χ4v) is 3.79. The van der Waals surface area contributed by atoms with Gasteiger partial charge in [0.05, 0.1) is 43.3 Å². The maximum Gasteiger partial charge on any atom is 0.202 e. The summed E-state index contributed by atoms with van der Waals surface area (Å²) >= 11 is 0. The molecule has 5 heteroatoms. The third kappa shape index (κ3) is 2.88. The molecule has 0 spiro atoms. The van der Waals surface area contributed by atoms with Gasteiger partial charge in [0.1, 0.15) is 18.0 Å². The highest BCUT2D eigenvalue weighted by atomic mass is 16.5. The van der Waals surface area contributed by atoms with Crippen LogP contribution in [0.15, 0.2) is 16.9 Å². The predicted octanol–water partition coefficient (Wildman–Crippen LogP) is 1.81. The molecule has 5 nitrogen and oxygen atoms in total. The molecule has 1 aliphatic rings. The molecule has 0 aliphatic carbocycles. The fraction of sp³-hybridized carbons (Fsp3) is 0.526. The lowest BCUT2D eigenvalue weighted by Gasteiger charge is -2.30. The Labute approximate surface area is 142 Å². The number of piperidine rings is 1. The molecule has 1 aromatic heterocycles. The number of aromatic amines is 1. The van der Waals surface area contributed by atoms with Crippen LogP contribution in [0, 0.1) is 6.92 Å². The van der Waals surface area contributed by atoms with Gasteiger partial charge in [0.15, 0.2) is 0 Å². The van der Waals surface area contributed by atoms with Gasteiger partial charge in [0.2, 0.25) is 5.43 Å². The number of pyridine rings is 1. The lowest BCUT2D eigenvalue weighted by atomic mass is 10.0. The van der Waals surface area contributed by atoms with Crippen LogP contribution in [0.4, 0.5) is 0 Å². The van der Waals surface area contributed by atoms with Gasteiger partial charge in [-0.2, -0.15) is 0 Å². The summed E-state index contributed by atoms with van der Waals surface area (Å²) in [5, 5.41) is 0.585. The maximum absolute atomic E-state index is 13.2. The zero-order valence-corrected chi connectivity index (χ0v) is 15.0. The number of methoxy groups -OCH3 is 2. The van der Waals surface area contributed by atoms with Crippen LogP contribution in [0.3, 0.4) is 0 Å². The van der Waals surface area contributed by atoms with Crippen molar-refractivity contribution in [1.29, 1.82) is 0 Å². The van der Waals surface area contributed by atoms with Crippen molar-refractivity contribution in [2.45, 2.75) is 45.7 Å². The molecule has 1 fully saturated rings. The number of H-pyrrole nitrogens is 1. The molecule has 3 rings (SSSR count). The van der Waals surface area contributed by atoms with Crippen LogP contribution >= 0.6 is 0 Å². The van der Waals surface area contributed by atoms with Gasteiger partial charge in [-0.15, -0.1) is 0 Å². The topological polar surface area (TPSA) is 55.8 Å². The minimum Gasteiger partial charge on any atom is -0.496 e. The highest BCUT2D eigenvalue weighted by Gasteiger charge is 2.25. The minimum atomic E-state index is 0.0577. The molecule has 1 aromatic carbocycles. The molecule has 24 heavy (non-hydrogen) atoms. The number of nitrogens with one attached hydrogen (secondary N) is 2. The number of rotatable bonds is 4. The first-order valence-electron chi connectivity index (χ1n) is 8.67. The van der Waals surface area contributed by atoms with Crippen molar-refractivity contribution in [3.05, 3.63) is 33.6 Å². The quantitative estimate of drug-likeness (QED) is 0.898. The largest absolute Gasteiger partial charge is 0.496 e. The number of hydrogen-bond acceptors (Lipinski definition) is 3. The molecule has 1 saturated heterocycles. The molecule has 2 N–H and O–H groups in total. The van der Waals surface area contributed by atoms with Gasteiger partial charge in [-0.3, -0.25) is 4.79 Å². The number of aryl methyl sites for hydroxylation is 1. The Morgan fingerprint density at radius 2 is 1.92 bits per heavy atom. The van der Waals surface area contributed by atoms with E-state index in [1.54, 1.807) is 20.3 Å². The van der Waals surface area contributed by atoms with E-state index in [1.807, 2.05) is 13.0 Å². The molecule has 0 radical (unpaired) electrons. The normalized spacial score (nSPS) is 21.0. The lowest BCUT2D eigenvalue weighted by molar-refractivity contribution is -0.942. The lowest BCUT2D eigenvalue weighted by Crippen LogP contribution is -3.15. The van der Waals surface area contributed by atoms with Crippen molar-refractivity contribution in [2.24, 2.45) is 0 Å². The Morgan fingerprint density at radius 1 is 1.21 bits per heavy atom. The third-order valence-corrected chi connectivity index (χ3v) is 5.32. The Morgan fingerprint density at radius 3 is 2.58 bits per heavy atom. The van der Waals surface area contributed by atoms with Gasteiger partial charge in [-0.1, -0.05) is 0 Å². The summed E-state index contributed by atoms with van der Waals surface area (Å²) in [4.78, 5) is 18.1. The Balaban J connectivity index is 2.13. The number of aromatic nitrogens is 1. The van der Waals surface area contributed by atoms with E-state index in [4.69, 9.17) is 9.47 Å². The van der Waals surface area contributed by atoms with Gasteiger partial charge < -0.3 is 19.4 Å². The average Bonchev–Trinajstić information content (AvgIpc) is 2.59. The summed E-state index contributed by atoms with van der Waals surface area (Å²) in [5.74, 6) is 1.26. The standard InChI is InChI=1S/C19H26N2O3/c1-12-7-5-6-10-21(12)11-14-13(2)20-18-16(24-4)9-8-15(23-3)17(18)19(14)22/h8-9,12H,5-7,10-11H2,1-4H3,(H,20,22)/p+1/t12-/m1/s1. The van der Waals surface area contributed by atoms with Crippen LogP contribution in [-0.2, 0) is 6.54 Å². The zero-order valence-electron chi connectivity index (χ0n) is 15.0. The monoisotopic (exact) mass is 331 g/mol. The van der Waals surface area contributed by atoms with Gasteiger partial charge in [-0.05, 0) is 45.2 Å². The van der Waals surface area contributed by atoms with Gasteiger partial charge in [-0.25, -0.2) is 0 Å². The van der Waals surface area contributed by atoms with Crippen LogP contribution in [-0.4, -0.2) is 31.8 Å². The van der Waals surface area contributed by atoms with Gasteiger partial charge in [0.25, 0.3) is 0 Å². The highest BCUT2D eigenvalue weighted by molar-refractivity contribution is 5.90. The molecular formula is C19H27N2O3+. The smallest absolute Gasteiger partial charge is 0.202 e. The molecule has 0 saturated carbocycles. The van der Waals surface area contributed by atoms with Crippen LogP contribution in [0.25, 0.3) is 10.9 Å². The van der Waals surface area contributed by atoms with E-state index in [2.05, 4.69) is 11.9 Å². The predicted molar refractivity (Wildman–Crippen MR) is 95.3 cm³/mol. The van der Waals surface area contributed by atoms with E-state index in [1.165, 1.54) is 24.2 Å². The Kier molecular flexibility index (Phi) is 4.81. The zero-order chi connectivity index (χ0) is 17.3. The summed E-state index contributed by atoms with van der Waals surface area (Å²) < 4.78 is 10.8. The number of likely N-dealkylation sites (tertiary alicyclic amines) is 1. The number of quaternary nitrogens is 1. The molecule has 0 bridgehead atoms. The summed E-state index contributed by atoms with van der Waals surface area (Å²) in [6.45, 7) is 6.15. The van der Waals surface area contributed by atoms with Crippen molar-refractivity contribution in [2.75, 3.05) is 20.8 Å². The molecule has 2 atom stereocenters. The van der Waals surface area contributed by atoms with E-state index in [0.29, 0.717) is 28.4 Å². The van der Waals surface area contributed by atoms with Crippen molar-refractivity contribution >= 4 is 10.9 Å². The summed E-state index contributed by atoms with van der Waals surface area (Å²) in [7, 11) is 3.21. The third-order valence-electron chi connectivity index (χ3n) is 5.32. The van der Waals surface area contributed by atoms with Gasteiger partial charge in [0, 0.05) is 5.69 Å². The van der Waals surface area contributed by atoms with E-state index in [-0.39, 0.29) is 5.43 Å². The van der Waals surface area contributed by atoms with Crippen molar-refractivity contribution in [3.8, 4) is 11.5 Å². The summed E-state index contributed by atoms with van der Waals surface area (Å²) in [6.07, 6.45) is 3.76. The van der Waals surface area contributed by atoms with E-state index >= 15 is 0 Å². The molecular weight excluding hydrogens is 304 g/mol. The number of hydrogen-bond donors (Lipinski definition) is 2. The van der Waals surface area contributed by atoms with Crippen LogP contribution in [0.1, 0.15) is 37.4 Å². The van der Waals surface area contributed by atoms with Crippen LogP contribution in [0.5, 0.6) is 11.5 Å². The van der Waals surface area contributed by atoms with E-state index in [0.717, 1.165) is 24.3 Å². The van der Waals surface area contributed by atoms with Gasteiger partial charge >= 0.3 is 0 Å². The summed E-state index contributed by atoms with van der Waals surface area (Å²) in [6, 6.07) is 4.22. The number of benzene rings is 1. The first kappa shape index (κ1) is 16.8. The molecule has 0 amide bonds. The summed E-state index contributed by atoms with van der Waals surface area (Å²) in [5.41, 5.74) is 2.55. The Hall–Kier alpha value is -2.01. The molecule has 130 valence electrons. The fourth-order valence-electron chi connectivity index (χ4n) is 3.79. The van der Waals surface area contributed by atoms with E-state index < -0.39 is 0 Å². The van der Waals surface area contributed by atoms with E-state index in [9.17, 15) is 4.79 Å². The second-order valence-corrected chi connectivity index (χ2v) is 6.76. The Bertz CT molecular complexity index is 797. The highest BCUT2D eigenvalue weighted by Crippen LogP contribution is 2.30.